The quantitative estimate of drug-likeness (QED) is 0.0922. The lowest BCUT2D eigenvalue weighted by atomic mass is 9.97. The average molecular weight is 571 g/mol. The molecule has 0 unspecified atom stereocenters. The van der Waals surface area contributed by atoms with Crippen LogP contribution < -0.4 is 0 Å². The zero-order chi connectivity index (χ0) is 30.0. The normalized spacial score (nSPS) is 16.7. The third-order valence-corrected chi connectivity index (χ3v) is 17.0. The van der Waals surface area contributed by atoms with E-state index in [-0.39, 0.29) is 41.0 Å². The smallest absolute Gasteiger partial charge is 0.311 e. The fourth-order valence-corrected chi connectivity index (χ4v) is 5.93. The number of unbranched alkanes of at least 4 members (excludes halogenated alkanes) is 1. The Labute approximate surface area is 238 Å². The molecular formula is C31H62O5Si2. The molecule has 0 aromatic heterocycles. The number of aliphatic hydroxyl groups excluding tert-OH is 1. The second-order valence-electron chi connectivity index (χ2n) is 14.9. The van der Waals surface area contributed by atoms with Gasteiger partial charge in [-0.05, 0) is 89.6 Å². The van der Waals surface area contributed by atoms with Gasteiger partial charge in [0.1, 0.15) is 0 Å². The highest BCUT2D eigenvalue weighted by atomic mass is 28.4. The lowest BCUT2D eigenvalue weighted by Crippen LogP contribution is -2.47. The third-order valence-electron chi connectivity index (χ3n) is 7.94. The van der Waals surface area contributed by atoms with Crippen LogP contribution in [0.2, 0.25) is 36.3 Å². The van der Waals surface area contributed by atoms with E-state index >= 15 is 0 Å². The summed E-state index contributed by atoms with van der Waals surface area (Å²) in [4.78, 5) is 12.0. The summed E-state index contributed by atoms with van der Waals surface area (Å²) in [7, 11) is -3.97. The van der Waals surface area contributed by atoms with Gasteiger partial charge in [0.25, 0.3) is 0 Å². The number of allylic oxidation sites excluding steroid dienone is 3. The number of rotatable bonds is 15. The van der Waals surface area contributed by atoms with Crippen molar-refractivity contribution >= 4 is 22.6 Å². The first kappa shape index (κ1) is 37.3. The molecule has 0 saturated heterocycles. The van der Waals surface area contributed by atoms with Gasteiger partial charge in [0.2, 0.25) is 0 Å². The molecule has 0 bridgehead atoms. The molecule has 0 saturated carbocycles. The lowest BCUT2D eigenvalue weighted by Gasteiger charge is -2.42. The highest BCUT2D eigenvalue weighted by Gasteiger charge is 2.41. The van der Waals surface area contributed by atoms with Gasteiger partial charge in [-0.1, -0.05) is 65.8 Å². The first-order valence-corrected chi connectivity index (χ1v) is 20.4. The molecule has 3 atom stereocenters. The number of esters is 1. The van der Waals surface area contributed by atoms with Gasteiger partial charge in [-0.15, -0.1) is 0 Å². The molecule has 224 valence electrons. The summed E-state index contributed by atoms with van der Waals surface area (Å²) in [5.74, 6) is -0.145. The highest BCUT2D eigenvalue weighted by Crippen LogP contribution is 2.40. The van der Waals surface area contributed by atoms with Gasteiger partial charge in [0, 0.05) is 19.1 Å². The second-order valence-corrected chi connectivity index (χ2v) is 24.4. The van der Waals surface area contributed by atoms with Crippen LogP contribution in [0.4, 0.5) is 0 Å². The van der Waals surface area contributed by atoms with Crippen molar-refractivity contribution < 1.29 is 23.5 Å². The van der Waals surface area contributed by atoms with Crippen LogP contribution in [0.1, 0.15) is 101 Å². The van der Waals surface area contributed by atoms with Crippen molar-refractivity contribution in [3.8, 4) is 0 Å². The number of carbonyl (C=O) groups excluding carboxylic acids is 1. The minimum absolute atomic E-state index is 0.0402. The number of carbonyl (C=O) groups is 1. The zero-order valence-corrected chi connectivity index (χ0v) is 29.4. The Kier molecular flexibility index (Phi) is 15.0. The van der Waals surface area contributed by atoms with Crippen LogP contribution in [0.15, 0.2) is 24.3 Å². The molecule has 5 nitrogen and oxygen atoms in total. The molecular weight excluding hydrogens is 509 g/mol. The average Bonchev–Trinajstić information content (AvgIpc) is 2.70. The molecule has 0 rings (SSSR count). The molecule has 0 aromatic carbocycles. The Morgan fingerprint density at radius 3 is 1.84 bits per heavy atom. The van der Waals surface area contributed by atoms with Gasteiger partial charge in [-0.2, -0.15) is 0 Å². The monoisotopic (exact) mass is 570 g/mol. The van der Waals surface area contributed by atoms with Crippen LogP contribution in [-0.4, -0.2) is 52.6 Å². The molecule has 0 aliphatic rings. The zero-order valence-electron chi connectivity index (χ0n) is 27.4. The van der Waals surface area contributed by atoms with Gasteiger partial charge in [-0.3, -0.25) is 4.79 Å². The topological polar surface area (TPSA) is 65.0 Å². The molecule has 0 amide bonds. The molecule has 0 aliphatic carbocycles. The molecule has 0 aliphatic heterocycles. The summed E-state index contributed by atoms with van der Waals surface area (Å²) < 4.78 is 19.1. The van der Waals surface area contributed by atoms with E-state index in [1.807, 2.05) is 27.7 Å². The fraction of sp³-hybridized carbons (Fsp3) is 0.839. The van der Waals surface area contributed by atoms with Crippen LogP contribution >= 0.6 is 0 Å². The molecule has 38 heavy (non-hydrogen) atoms. The number of ether oxygens (including phenoxy) is 1. The van der Waals surface area contributed by atoms with Gasteiger partial charge < -0.3 is 18.7 Å². The maximum Gasteiger partial charge on any atom is 0.311 e. The molecule has 7 heteroatoms. The summed E-state index contributed by atoms with van der Waals surface area (Å²) in [5, 5.41) is 10.00. The minimum atomic E-state index is -2.00. The highest BCUT2D eigenvalue weighted by molar-refractivity contribution is 6.74. The van der Waals surface area contributed by atoms with Crippen molar-refractivity contribution in [1.82, 2.24) is 0 Å². The van der Waals surface area contributed by atoms with Crippen LogP contribution in [-0.2, 0) is 18.4 Å². The summed E-state index contributed by atoms with van der Waals surface area (Å²) >= 11 is 0. The van der Waals surface area contributed by atoms with Crippen molar-refractivity contribution in [2.45, 2.75) is 156 Å². The van der Waals surface area contributed by atoms with Crippen molar-refractivity contribution in [3.05, 3.63) is 24.3 Å². The Bertz CT molecular complexity index is 752. The van der Waals surface area contributed by atoms with Crippen LogP contribution in [0.5, 0.6) is 0 Å². The third kappa shape index (κ3) is 14.1. The Morgan fingerprint density at radius 1 is 0.842 bits per heavy atom. The van der Waals surface area contributed by atoms with Gasteiger partial charge in [0.05, 0.1) is 17.6 Å². The molecule has 0 spiro atoms. The predicted octanol–water partition coefficient (Wildman–Crippen LogP) is 8.80. The lowest BCUT2D eigenvalue weighted by molar-refractivity contribution is -0.158. The van der Waals surface area contributed by atoms with Crippen LogP contribution in [0.3, 0.4) is 0 Å². The minimum Gasteiger partial charge on any atom is -0.462 e. The second kappa shape index (κ2) is 15.3. The van der Waals surface area contributed by atoms with Crippen molar-refractivity contribution in [1.29, 1.82) is 0 Å². The SMILES string of the molecule is C[C@@H](CCC/C=C/C=C/[C@@H](C[C@H](CCO)O[Si](C)(C)C(C)(C)C)O[Si](C)(C)C(C)(C)C)OC(=O)C(C)(C)C. The Hall–Kier alpha value is -0.736. The van der Waals surface area contributed by atoms with Crippen LogP contribution in [0, 0.1) is 5.41 Å². The Morgan fingerprint density at radius 2 is 1.37 bits per heavy atom. The summed E-state index contributed by atoms with van der Waals surface area (Å²) in [5.41, 5.74) is -0.464. The first-order chi connectivity index (χ1) is 17.0. The molecule has 1 N–H and O–H groups in total. The predicted molar refractivity (Wildman–Crippen MR) is 168 cm³/mol. The van der Waals surface area contributed by atoms with E-state index in [0.717, 1.165) is 25.7 Å². The number of hydrogen-bond acceptors (Lipinski definition) is 5. The molecule has 0 heterocycles. The number of hydrogen-bond donors (Lipinski definition) is 1. The standard InChI is InChI=1S/C31H62O5Si2/c1-25(34-28(33)29(2,3)4)20-18-16-15-17-19-21-26(35-37(11,12)30(5,6)7)24-27(22-23-32)36-38(13,14)31(8,9)10/h15,17,19,21,25-27,32H,16,18,20,22-24H2,1-14H3/b17-15+,21-19+/t25-,26-,27-/m0/s1. The van der Waals surface area contributed by atoms with E-state index in [0.29, 0.717) is 6.42 Å². The van der Waals surface area contributed by atoms with E-state index in [1.165, 1.54) is 0 Å². The first-order valence-electron chi connectivity index (χ1n) is 14.5. The fourth-order valence-electron chi connectivity index (χ4n) is 3.25. The van der Waals surface area contributed by atoms with Crippen molar-refractivity contribution in [3.63, 3.8) is 0 Å². The summed E-state index contributed by atoms with van der Waals surface area (Å²) in [6, 6.07) is 0. The largest absolute Gasteiger partial charge is 0.462 e. The Balaban J connectivity index is 5.32. The summed E-state index contributed by atoms with van der Waals surface area (Å²) in [6.07, 6.45) is 12.4. The van der Waals surface area contributed by atoms with Crippen molar-refractivity contribution in [2.75, 3.05) is 6.61 Å². The van der Waals surface area contributed by atoms with Gasteiger partial charge >= 0.3 is 5.97 Å². The molecule has 0 aromatic rings. The van der Waals surface area contributed by atoms with Gasteiger partial charge in [0.15, 0.2) is 16.6 Å². The van der Waals surface area contributed by atoms with E-state index in [1.54, 1.807) is 0 Å². The van der Waals surface area contributed by atoms with Gasteiger partial charge in [-0.25, -0.2) is 0 Å². The molecule has 0 radical (unpaired) electrons. The van der Waals surface area contributed by atoms with E-state index < -0.39 is 22.0 Å². The number of aliphatic hydroxyl groups is 1. The van der Waals surface area contributed by atoms with E-state index in [9.17, 15) is 9.90 Å². The van der Waals surface area contributed by atoms with Crippen LogP contribution in [0.25, 0.3) is 0 Å². The van der Waals surface area contributed by atoms with Crippen molar-refractivity contribution in [2.24, 2.45) is 5.41 Å². The summed E-state index contributed by atoms with van der Waals surface area (Å²) in [6.45, 7) is 30.3. The van der Waals surface area contributed by atoms with E-state index in [2.05, 4.69) is 92.0 Å². The molecule has 0 fully saturated rings. The van der Waals surface area contributed by atoms with E-state index in [4.69, 9.17) is 13.6 Å². The maximum absolute atomic E-state index is 12.0. The maximum atomic E-state index is 12.0.